The third-order valence-electron chi connectivity index (χ3n) is 7.50. The van der Waals surface area contributed by atoms with Crippen LogP contribution in [0.25, 0.3) is 0 Å². The van der Waals surface area contributed by atoms with Crippen LogP contribution in [0.15, 0.2) is 22.5 Å². The van der Waals surface area contributed by atoms with Gasteiger partial charge in [0.2, 0.25) is 5.96 Å². The molecular formula is C36H61N3O7S. The summed E-state index contributed by atoms with van der Waals surface area (Å²) in [6.07, 6.45) is 3.74. The molecule has 1 aliphatic rings. The van der Waals surface area contributed by atoms with E-state index in [1.165, 1.54) is 6.08 Å². The van der Waals surface area contributed by atoms with E-state index in [1.54, 1.807) is 13.8 Å². The standard InChI is InChI=1S/C26H41N3O5S.C10H20O2/c1-10-14-33-23(30)20(25(5,6)7)12-11-13-28-24(27)29-35(31,32)22-17(3)16(2)21-19(18(22)4)15-26(8,9)34-21;1-9(2,3)7-8(11)12-10(4,5)6/h10,20H,1,11-15H2,2-9H3,(H3,27,28,29);7H2,1-6H3. The van der Waals surface area contributed by atoms with Gasteiger partial charge in [-0.05, 0) is 95.8 Å². The van der Waals surface area contributed by atoms with Crippen LogP contribution in [0, 0.1) is 37.5 Å². The number of nitrogens with zero attached hydrogens (tertiary/aromatic N) is 1. The molecule has 268 valence electrons. The summed E-state index contributed by atoms with van der Waals surface area (Å²) in [6, 6.07) is 0. The normalized spacial score (nSPS) is 15.4. The molecule has 47 heavy (non-hydrogen) atoms. The second-order valence-electron chi connectivity index (χ2n) is 16.2. The number of esters is 2. The quantitative estimate of drug-likeness (QED) is 0.0897. The summed E-state index contributed by atoms with van der Waals surface area (Å²) in [4.78, 5) is 28.1. The Hall–Kier alpha value is -3.08. The molecule has 1 atom stereocenters. The Morgan fingerprint density at radius 3 is 2.11 bits per heavy atom. The highest BCUT2D eigenvalue weighted by Gasteiger charge is 2.37. The first-order valence-corrected chi connectivity index (χ1v) is 17.7. The van der Waals surface area contributed by atoms with Crippen molar-refractivity contribution in [3.63, 3.8) is 0 Å². The van der Waals surface area contributed by atoms with Gasteiger partial charge in [-0.15, -0.1) is 0 Å². The molecule has 2 rings (SSSR count). The molecule has 1 aliphatic heterocycles. The average molecular weight is 680 g/mol. The Balaban J connectivity index is 0.000000779. The maximum atomic E-state index is 13.3. The number of nitrogens with one attached hydrogen (secondary N) is 1. The summed E-state index contributed by atoms with van der Waals surface area (Å²) >= 11 is 0. The van der Waals surface area contributed by atoms with E-state index >= 15 is 0 Å². The molecule has 1 aromatic carbocycles. The third-order valence-corrected chi connectivity index (χ3v) is 9.13. The number of hydrogen-bond donors (Lipinski definition) is 2. The average Bonchev–Trinajstić information content (AvgIpc) is 3.18. The minimum atomic E-state index is -3.95. The van der Waals surface area contributed by atoms with E-state index in [2.05, 4.69) is 16.3 Å². The van der Waals surface area contributed by atoms with Crippen LogP contribution >= 0.6 is 0 Å². The first-order valence-electron chi connectivity index (χ1n) is 16.3. The topological polar surface area (TPSA) is 146 Å². The molecule has 1 unspecified atom stereocenters. The Morgan fingerprint density at radius 1 is 1.04 bits per heavy atom. The first kappa shape index (κ1) is 41.9. The van der Waals surface area contributed by atoms with Gasteiger partial charge < -0.3 is 19.9 Å². The van der Waals surface area contributed by atoms with Crippen molar-refractivity contribution in [1.82, 2.24) is 4.72 Å². The monoisotopic (exact) mass is 679 g/mol. The smallest absolute Gasteiger partial charge is 0.309 e. The highest BCUT2D eigenvalue weighted by atomic mass is 32.2. The summed E-state index contributed by atoms with van der Waals surface area (Å²) in [7, 11) is -3.95. The van der Waals surface area contributed by atoms with E-state index in [0.717, 1.165) is 16.9 Å². The molecule has 0 spiro atoms. The lowest BCUT2D eigenvalue weighted by Crippen LogP contribution is -2.37. The fourth-order valence-corrected chi connectivity index (χ4v) is 6.84. The Labute approximate surface area is 284 Å². The summed E-state index contributed by atoms with van der Waals surface area (Å²) in [6.45, 7) is 31.1. The molecule has 0 saturated carbocycles. The second-order valence-corrected chi connectivity index (χ2v) is 17.8. The maximum Gasteiger partial charge on any atom is 0.309 e. The van der Waals surface area contributed by atoms with Crippen LogP contribution in [0.2, 0.25) is 0 Å². The number of carbonyl (C=O) groups excluding carboxylic acids is 2. The summed E-state index contributed by atoms with van der Waals surface area (Å²) in [5, 5.41) is 0. The highest BCUT2D eigenvalue weighted by molar-refractivity contribution is 7.90. The summed E-state index contributed by atoms with van der Waals surface area (Å²) < 4.78 is 45.5. The van der Waals surface area contributed by atoms with Crippen LogP contribution in [0.5, 0.6) is 5.75 Å². The van der Waals surface area contributed by atoms with Gasteiger partial charge in [0.05, 0.1) is 17.2 Å². The van der Waals surface area contributed by atoms with Crippen molar-refractivity contribution in [1.29, 1.82) is 0 Å². The van der Waals surface area contributed by atoms with Crippen molar-refractivity contribution in [3.8, 4) is 5.75 Å². The van der Waals surface area contributed by atoms with Crippen molar-refractivity contribution in [3.05, 3.63) is 34.9 Å². The Morgan fingerprint density at radius 2 is 1.62 bits per heavy atom. The number of hydrogen-bond acceptors (Lipinski definition) is 8. The predicted molar refractivity (Wildman–Crippen MR) is 189 cm³/mol. The SMILES string of the molecule is C=CCOC(=O)C(CCCN=C(N)NS(=O)(=O)c1c(C)c(C)c2c(c1C)CC(C)(C)O2)C(C)(C)C.CC(C)(C)CC(=O)OC(C)(C)C. The van der Waals surface area contributed by atoms with Crippen molar-refractivity contribution in [2.75, 3.05) is 13.2 Å². The second kappa shape index (κ2) is 15.9. The summed E-state index contributed by atoms with van der Waals surface area (Å²) in [5.41, 5.74) is 7.95. The van der Waals surface area contributed by atoms with Crippen LogP contribution in [0.3, 0.4) is 0 Å². The molecule has 0 aromatic heterocycles. The van der Waals surface area contributed by atoms with Gasteiger partial charge in [0, 0.05) is 18.5 Å². The van der Waals surface area contributed by atoms with E-state index in [0.29, 0.717) is 36.8 Å². The maximum absolute atomic E-state index is 13.3. The number of guanidine groups is 1. The Kier molecular flexibility index (Phi) is 14.2. The lowest BCUT2D eigenvalue weighted by atomic mass is 9.78. The van der Waals surface area contributed by atoms with Gasteiger partial charge in [-0.2, -0.15) is 0 Å². The van der Waals surface area contributed by atoms with Gasteiger partial charge in [-0.3, -0.25) is 14.6 Å². The van der Waals surface area contributed by atoms with Crippen molar-refractivity contribution >= 4 is 27.9 Å². The van der Waals surface area contributed by atoms with E-state index in [-0.39, 0.29) is 63.9 Å². The van der Waals surface area contributed by atoms with Crippen LogP contribution in [-0.4, -0.2) is 50.7 Å². The van der Waals surface area contributed by atoms with Crippen molar-refractivity contribution < 1.29 is 32.2 Å². The molecule has 0 aliphatic carbocycles. The van der Waals surface area contributed by atoms with Crippen LogP contribution in [0.1, 0.15) is 118 Å². The number of aliphatic imine (C=N–C) groups is 1. The van der Waals surface area contributed by atoms with Gasteiger partial charge in [0.15, 0.2) is 0 Å². The minimum Gasteiger partial charge on any atom is -0.487 e. The number of carbonyl (C=O) groups is 2. The lowest BCUT2D eigenvalue weighted by molar-refractivity contribution is -0.157. The van der Waals surface area contributed by atoms with Crippen molar-refractivity contribution in [2.45, 2.75) is 139 Å². The van der Waals surface area contributed by atoms with Crippen LogP contribution < -0.4 is 15.2 Å². The van der Waals surface area contributed by atoms with E-state index in [9.17, 15) is 18.0 Å². The third kappa shape index (κ3) is 13.5. The number of benzene rings is 1. The fraction of sp³-hybridized carbons (Fsp3) is 0.694. The van der Waals surface area contributed by atoms with Gasteiger partial charge in [-0.1, -0.05) is 54.2 Å². The number of fused-ring (bicyclic) bond motifs is 1. The van der Waals surface area contributed by atoms with E-state index < -0.39 is 10.0 Å². The molecule has 0 amide bonds. The zero-order chi connectivity index (χ0) is 36.8. The number of sulfonamides is 1. The number of rotatable bonds is 10. The largest absolute Gasteiger partial charge is 0.487 e. The molecule has 1 aromatic rings. The molecule has 0 fully saturated rings. The van der Waals surface area contributed by atoms with Gasteiger partial charge in [-0.25, -0.2) is 13.1 Å². The summed E-state index contributed by atoms with van der Waals surface area (Å²) in [5.74, 6) is -0.123. The zero-order valence-corrected chi connectivity index (χ0v) is 32.2. The Bertz CT molecular complexity index is 1410. The molecule has 10 nitrogen and oxygen atoms in total. The van der Waals surface area contributed by atoms with E-state index in [1.807, 2.05) is 83.1 Å². The highest BCUT2D eigenvalue weighted by Crippen LogP contribution is 2.43. The molecule has 0 radical (unpaired) electrons. The van der Waals surface area contributed by atoms with Gasteiger partial charge in [0.25, 0.3) is 10.0 Å². The molecule has 3 N–H and O–H groups in total. The van der Waals surface area contributed by atoms with Gasteiger partial charge in [0.1, 0.15) is 23.6 Å². The number of nitrogens with two attached hydrogens (primary N) is 1. The minimum absolute atomic E-state index is 0.0162. The van der Waals surface area contributed by atoms with Gasteiger partial charge >= 0.3 is 11.9 Å². The molecule has 0 saturated heterocycles. The van der Waals surface area contributed by atoms with E-state index in [4.69, 9.17) is 19.9 Å². The van der Waals surface area contributed by atoms with Crippen LogP contribution in [0.4, 0.5) is 0 Å². The first-order chi connectivity index (χ1) is 21.1. The van der Waals surface area contributed by atoms with Crippen molar-refractivity contribution in [2.24, 2.45) is 27.5 Å². The molecule has 1 heterocycles. The fourth-order valence-electron chi connectivity index (χ4n) is 5.32. The molecular weight excluding hydrogens is 618 g/mol. The lowest BCUT2D eigenvalue weighted by Gasteiger charge is -2.28. The van der Waals surface area contributed by atoms with Crippen LogP contribution in [-0.2, 0) is 35.5 Å². The predicted octanol–water partition coefficient (Wildman–Crippen LogP) is 6.85. The number of ether oxygens (including phenoxy) is 3. The molecule has 0 bridgehead atoms. The molecule has 11 heteroatoms. The zero-order valence-electron chi connectivity index (χ0n) is 31.4.